The molecule has 2 aromatic carbocycles. The van der Waals surface area contributed by atoms with Gasteiger partial charge in [-0.3, -0.25) is 19.0 Å². The van der Waals surface area contributed by atoms with E-state index in [4.69, 9.17) is 4.74 Å². The monoisotopic (exact) mass is 491 g/mol. The number of aromatic hydroxyl groups is 1. The van der Waals surface area contributed by atoms with Crippen molar-refractivity contribution < 1.29 is 19.4 Å². The highest BCUT2D eigenvalue weighted by Gasteiger charge is 2.69. The largest absolute Gasteiger partial charge is 0.508 e. The van der Waals surface area contributed by atoms with Crippen molar-refractivity contribution in [3.63, 3.8) is 0 Å². The van der Waals surface area contributed by atoms with Crippen molar-refractivity contribution in [1.82, 2.24) is 4.57 Å². The van der Waals surface area contributed by atoms with E-state index in [1.807, 2.05) is 47.0 Å². The number of para-hydroxylation sites is 1. The fourth-order valence-corrected chi connectivity index (χ4v) is 10.1. The number of hydrogen-bond acceptors (Lipinski definition) is 7. The lowest BCUT2D eigenvalue weighted by molar-refractivity contribution is -0.154. The third-order valence-corrected chi connectivity index (χ3v) is 10.9. The molecule has 1 aromatic heterocycles. The molecule has 8 heteroatoms. The van der Waals surface area contributed by atoms with E-state index >= 15 is 0 Å². The molecule has 3 aromatic rings. The Morgan fingerprint density at radius 1 is 0.941 bits per heavy atom. The van der Waals surface area contributed by atoms with E-state index in [2.05, 4.69) is 0 Å². The molecule has 3 fully saturated rings. The first-order chi connectivity index (χ1) is 16.5. The molecule has 7 rings (SSSR count). The van der Waals surface area contributed by atoms with Gasteiger partial charge in [0.25, 0.3) is 0 Å². The van der Waals surface area contributed by atoms with Crippen LogP contribution >= 0.6 is 23.1 Å². The van der Waals surface area contributed by atoms with Crippen LogP contribution in [0.3, 0.4) is 0 Å². The van der Waals surface area contributed by atoms with E-state index in [1.165, 1.54) is 11.3 Å². The molecule has 2 aliphatic heterocycles. The van der Waals surface area contributed by atoms with Crippen LogP contribution in [0, 0.1) is 29.6 Å². The number of phenolic OH excluding ortho intramolecular Hbond substituents is 1. The minimum Gasteiger partial charge on any atom is -0.508 e. The van der Waals surface area contributed by atoms with Gasteiger partial charge in [-0.1, -0.05) is 59.9 Å². The van der Waals surface area contributed by atoms with Crippen LogP contribution in [0.25, 0.3) is 0 Å². The number of nitrogens with zero attached hydrogens (tertiary/aromatic N) is 1. The first kappa shape index (κ1) is 20.5. The Morgan fingerprint density at radius 3 is 2.41 bits per heavy atom. The normalized spacial score (nSPS) is 32.9. The molecule has 1 N–H and O–H groups in total. The van der Waals surface area contributed by atoms with Crippen LogP contribution in [0.5, 0.6) is 5.75 Å². The van der Waals surface area contributed by atoms with Crippen molar-refractivity contribution in [2.45, 2.75) is 29.2 Å². The first-order valence-corrected chi connectivity index (χ1v) is 13.2. The summed E-state index contributed by atoms with van der Waals surface area (Å²) < 4.78 is 6.91. The number of hydrogen-bond donors (Lipinski definition) is 1. The van der Waals surface area contributed by atoms with Crippen LogP contribution in [0.15, 0.2) is 64.4 Å². The van der Waals surface area contributed by atoms with E-state index in [0.29, 0.717) is 6.54 Å². The summed E-state index contributed by atoms with van der Waals surface area (Å²) in [7, 11) is 0. The number of aromatic nitrogens is 1. The van der Waals surface area contributed by atoms with Crippen LogP contribution in [-0.4, -0.2) is 26.9 Å². The highest BCUT2D eigenvalue weighted by atomic mass is 32.2. The van der Waals surface area contributed by atoms with Gasteiger partial charge >= 0.3 is 16.8 Å². The summed E-state index contributed by atoms with van der Waals surface area (Å²) in [6, 6.07) is 17.2. The molecule has 2 bridgehead atoms. The Morgan fingerprint density at radius 2 is 1.65 bits per heavy atom. The van der Waals surface area contributed by atoms with Crippen molar-refractivity contribution in [3.05, 3.63) is 80.3 Å². The number of fused-ring (bicyclic) bond motifs is 9. The Balaban J connectivity index is 1.40. The zero-order valence-electron chi connectivity index (χ0n) is 18.0. The number of carbonyl (C=O) groups excluding carboxylic acids is 2. The molecular weight excluding hydrogens is 470 g/mol. The lowest BCUT2D eigenvalue weighted by atomic mass is 9.68. The van der Waals surface area contributed by atoms with E-state index in [9.17, 15) is 19.5 Å². The number of cyclic esters (lactones) is 2. The second-order valence-corrected chi connectivity index (χ2v) is 11.8. The van der Waals surface area contributed by atoms with Gasteiger partial charge < -0.3 is 9.84 Å². The Bertz CT molecular complexity index is 1400. The second-order valence-electron chi connectivity index (χ2n) is 9.66. The number of thiazole rings is 1. The summed E-state index contributed by atoms with van der Waals surface area (Å²) in [6.45, 7) is 0.476. The molecule has 0 unspecified atom stereocenters. The van der Waals surface area contributed by atoms with E-state index < -0.39 is 17.9 Å². The number of ether oxygens (including phenoxy) is 1. The molecular formula is C26H21NO5S2. The van der Waals surface area contributed by atoms with Crippen LogP contribution in [0.1, 0.15) is 28.3 Å². The van der Waals surface area contributed by atoms with E-state index in [0.717, 1.165) is 27.5 Å². The van der Waals surface area contributed by atoms with Crippen molar-refractivity contribution in [2.75, 3.05) is 0 Å². The molecule has 172 valence electrons. The maximum absolute atomic E-state index is 13.2. The standard InChI is InChI=1S/C26H21NO5S2/c28-16-9-5-4-8-13(16)17-18-14-10-15(20-19(14)24(29)32-25(20)30)21(18)33-23-22(17)34-26(31)27(23)11-12-6-2-1-3-7-12/h1-9,14-15,17-21,28H,10-11H2/t14-,15+,17+,18+,19+,20-,21-/m0/s1. The maximum Gasteiger partial charge on any atom is 0.317 e. The highest BCUT2D eigenvalue weighted by molar-refractivity contribution is 8.00. The quantitative estimate of drug-likeness (QED) is 0.443. The van der Waals surface area contributed by atoms with Gasteiger partial charge in [0.05, 0.1) is 23.4 Å². The molecule has 0 radical (unpaired) electrons. The Kier molecular flexibility index (Phi) is 4.42. The molecule has 7 atom stereocenters. The van der Waals surface area contributed by atoms with Gasteiger partial charge in [-0.25, -0.2) is 0 Å². The number of rotatable bonds is 3. The number of phenols is 1. The number of esters is 2. The van der Waals surface area contributed by atoms with Gasteiger partial charge in [-0.15, -0.1) is 11.8 Å². The predicted molar refractivity (Wildman–Crippen MR) is 127 cm³/mol. The lowest BCUT2D eigenvalue weighted by Crippen LogP contribution is -2.43. The minimum absolute atomic E-state index is 0.00369. The summed E-state index contributed by atoms with van der Waals surface area (Å²) in [5, 5.41) is 11.8. The minimum atomic E-state index is -0.405. The van der Waals surface area contributed by atoms with E-state index in [-0.39, 0.29) is 45.5 Å². The molecule has 6 nitrogen and oxygen atoms in total. The topological polar surface area (TPSA) is 85.6 Å². The van der Waals surface area contributed by atoms with Crippen molar-refractivity contribution in [3.8, 4) is 5.75 Å². The van der Waals surface area contributed by atoms with Gasteiger partial charge in [-0.05, 0) is 35.8 Å². The van der Waals surface area contributed by atoms with Crippen LogP contribution in [0.4, 0.5) is 0 Å². The van der Waals surface area contributed by atoms with Gasteiger partial charge in [0.1, 0.15) is 5.75 Å². The third kappa shape index (κ3) is 2.72. The average molecular weight is 492 g/mol. The molecule has 3 heterocycles. The van der Waals surface area contributed by atoms with Gasteiger partial charge in [-0.2, -0.15) is 0 Å². The fourth-order valence-electron chi connectivity index (χ4n) is 6.92. The summed E-state index contributed by atoms with van der Waals surface area (Å²) in [6.07, 6.45) is 0.806. The Labute approximate surface area is 203 Å². The van der Waals surface area contributed by atoms with Crippen molar-refractivity contribution in [1.29, 1.82) is 0 Å². The smallest absolute Gasteiger partial charge is 0.317 e. The lowest BCUT2D eigenvalue weighted by Gasteiger charge is -2.43. The van der Waals surface area contributed by atoms with E-state index in [1.54, 1.807) is 23.9 Å². The number of carbonyl (C=O) groups is 2. The molecule has 4 aliphatic rings. The highest BCUT2D eigenvalue weighted by Crippen LogP contribution is 2.68. The Hall–Kier alpha value is -2.84. The zero-order chi connectivity index (χ0) is 23.1. The summed E-state index contributed by atoms with van der Waals surface area (Å²) >= 11 is 2.93. The molecule has 0 amide bonds. The summed E-state index contributed by atoms with van der Waals surface area (Å²) in [5.74, 6) is -1.49. The van der Waals surface area contributed by atoms with Gasteiger partial charge in [0, 0.05) is 21.6 Å². The van der Waals surface area contributed by atoms with Crippen LogP contribution < -0.4 is 4.87 Å². The number of benzene rings is 2. The second kappa shape index (κ2) is 7.33. The van der Waals surface area contributed by atoms with Crippen molar-refractivity contribution >= 4 is 35.0 Å². The fraction of sp³-hybridized carbons (Fsp3) is 0.346. The van der Waals surface area contributed by atoms with Gasteiger partial charge in [0.2, 0.25) is 0 Å². The molecule has 1 saturated heterocycles. The predicted octanol–water partition coefficient (Wildman–Crippen LogP) is 3.85. The average Bonchev–Trinajstić information content (AvgIpc) is 3.55. The third-order valence-electron chi connectivity index (χ3n) is 8.14. The van der Waals surface area contributed by atoms with Gasteiger partial charge in [0.15, 0.2) is 0 Å². The van der Waals surface area contributed by atoms with Crippen LogP contribution in [-0.2, 0) is 20.9 Å². The van der Waals surface area contributed by atoms with Crippen LogP contribution in [0.2, 0.25) is 0 Å². The summed E-state index contributed by atoms with van der Waals surface area (Å²) in [4.78, 5) is 39.3. The molecule has 0 spiro atoms. The SMILES string of the molecule is O=C1OC(=O)[C@H]2[C@H]3C[C@H]([C@@H]12)[C@@H]1[C@@H](c2ccccc2O)c2sc(=O)n(Cc4ccccc4)c2S[C@@H]31. The molecule has 34 heavy (non-hydrogen) atoms. The molecule has 2 saturated carbocycles. The van der Waals surface area contributed by atoms with Crippen molar-refractivity contribution in [2.24, 2.45) is 29.6 Å². The molecule has 2 aliphatic carbocycles. The maximum atomic E-state index is 13.2. The zero-order valence-corrected chi connectivity index (χ0v) is 19.6. The number of thioether (sulfide) groups is 1. The summed E-state index contributed by atoms with van der Waals surface area (Å²) in [5.41, 5.74) is 1.83. The first-order valence-electron chi connectivity index (χ1n) is 11.5.